The molecular formula is C32H28N4O6S2. The van der Waals surface area contributed by atoms with Crippen molar-refractivity contribution in [3.63, 3.8) is 0 Å². The van der Waals surface area contributed by atoms with Crippen LogP contribution in [0.1, 0.15) is 50.1 Å². The predicted octanol–water partition coefficient (Wildman–Crippen LogP) is 5.79. The lowest BCUT2D eigenvalue weighted by Crippen LogP contribution is -2.45. The molecule has 3 amide bonds. The Kier molecular flexibility index (Phi) is 8.62. The van der Waals surface area contributed by atoms with Crippen molar-refractivity contribution in [2.75, 3.05) is 11.1 Å². The van der Waals surface area contributed by atoms with Gasteiger partial charge in [0.25, 0.3) is 5.91 Å². The number of nitrogens with zero attached hydrogens (tertiary/aromatic N) is 2. The van der Waals surface area contributed by atoms with Crippen LogP contribution in [0.3, 0.4) is 0 Å². The van der Waals surface area contributed by atoms with Gasteiger partial charge in [0.15, 0.2) is 5.13 Å². The number of carbonyl (C=O) groups is 4. The van der Waals surface area contributed by atoms with Crippen molar-refractivity contribution in [2.45, 2.75) is 36.9 Å². The molecule has 2 atom stereocenters. The number of thioether (sulfide) groups is 1. The van der Waals surface area contributed by atoms with Gasteiger partial charge in [-0.05, 0) is 48.2 Å². The SMILES string of the molecule is O=C(O)c1ccc([C@H]2SCC(C(=O)Nc3nc(-c4ccc(C(=O)NC5CC5)cc4)cs3)N2C(=O)OCc2ccccc2)cc1. The number of hydrogen-bond acceptors (Lipinski definition) is 8. The molecule has 2 aliphatic rings. The summed E-state index contributed by atoms with van der Waals surface area (Å²) in [5.74, 6) is -1.25. The average molecular weight is 629 g/mol. The summed E-state index contributed by atoms with van der Waals surface area (Å²) in [5, 5.41) is 16.7. The molecule has 0 bridgehead atoms. The maximum atomic E-state index is 13.6. The second-order valence-electron chi connectivity index (χ2n) is 10.4. The van der Waals surface area contributed by atoms with Crippen LogP contribution in [0.15, 0.2) is 84.2 Å². The molecule has 2 heterocycles. The van der Waals surface area contributed by atoms with Gasteiger partial charge in [-0.3, -0.25) is 14.5 Å². The van der Waals surface area contributed by atoms with Crippen molar-refractivity contribution < 1.29 is 29.0 Å². The topological polar surface area (TPSA) is 138 Å². The molecule has 224 valence electrons. The third-order valence-corrected chi connectivity index (χ3v) is 9.33. The Morgan fingerprint density at radius 1 is 0.932 bits per heavy atom. The maximum absolute atomic E-state index is 13.6. The first-order chi connectivity index (χ1) is 21.4. The summed E-state index contributed by atoms with van der Waals surface area (Å²) in [6, 6.07) is 22.1. The smallest absolute Gasteiger partial charge is 0.412 e. The van der Waals surface area contributed by atoms with Crippen LogP contribution < -0.4 is 10.6 Å². The molecule has 1 aliphatic heterocycles. The van der Waals surface area contributed by atoms with Gasteiger partial charge >= 0.3 is 12.1 Å². The zero-order chi connectivity index (χ0) is 30.6. The lowest BCUT2D eigenvalue weighted by Gasteiger charge is -2.28. The highest BCUT2D eigenvalue weighted by atomic mass is 32.2. The number of carboxylic acid groups (broad SMARTS) is 1. The van der Waals surface area contributed by atoms with E-state index in [4.69, 9.17) is 4.74 Å². The largest absolute Gasteiger partial charge is 0.478 e. The van der Waals surface area contributed by atoms with Crippen LogP contribution in [0.25, 0.3) is 11.3 Å². The Morgan fingerprint density at radius 3 is 2.32 bits per heavy atom. The van der Waals surface area contributed by atoms with E-state index in [-0.39, 0.29) is 24.1 Å². The van der Waals surface area contributed by atoms with Crippen LogP contribution in [0, 0.1) is 0 Å². The van der Waals surface area contributed by atoms with E-state index in [1.54, 1.807) is 24.3 Å². The first-order valence-corrected chi connectivity index (χ1v) is 15.9. The fraction of sp³-hybridized carbons (Fsp3) is 0.219. The quantitative estimate of drug-likeness (QED) is 0.212. The molecule has 1 aliphatic carbocycles. The first kappa shape index (κ1) is 29.4. The van der Waals surface area contributed by atoms with E-state index in [2.05, 4.69) is 15.6 Å². The molecule has 1 unspecified atom stereocenters. The highest BCUT2D eigenvalue weighted by molar-refractivity contribution is 7.99. The molecule has 12 heteroatoms. The van der Waals surface area contributed by atoms with Crippen molar-refractivity contribution in [3.8, 4) is 11.3 Å². The molecule has 3 N–H and O–H groups in total. The number of anilines is 1. The van der Waals surface area contributed by atoms with Crippen LogP contribution in [-0.2, 0) is 16.1 Å². The number of nitrogens with one attached hydrogen (secondary N) is 2. The van der Waals surface area contributed by atoms with Crippen molar-refractivity contribution in [1.29, 1.82) is 0 Å². The molecule has 44 heavy (non-hydrogen) atoms. The Balaban J connectivity index is 1.16. The molecule has 1 saturated heterocycles. The third kappa shape index (κ3) is 6.76. The average Bonchev–Trinajstić information content (AvgIpc) is 3.54. The van der Waals surface area contributed by atoms with Crippen LogP contribution in [0.2, 0.25) is 0 Å². The number of aromatic carboxylic acids is 1. The number of aromatic nitrogens is 1. The summed E-state index contributed by atoms with van der Waals surface area (Å²) >= 11 is 2.65. The molecule has 1 saturated carbocycles. The van der Waals surface area contributed by atoms with Gasteiger partial charge in [-0.2, -0.15) is 0 Å². The Morgan fingerprint density at radius 2 is 1.64 bits per heavy atom. The fourth-order valence-corrected chi connectivity index (χ4v) is 6.86. The van der Waals surface area contributed by atoms with Crippen LogP contribution in [-0.4, -0.2) is 56.7 Å². The van der Waals surface area contributed by atoms with Crippen molar-refractivity contribution in [1.82, 2.24) is 15.2 Å². The van der Waals surface area contributed by atoms with Gasteiger partial charge in [0.2, 0.25) is 5.91 Å². The lowest BCUT2D eigenvalue weighted by molar-refractivity contribution is -0.120. The number of ether oxygens (including phenoxy) is 1. The number of carbonyl (C=O) groups excluding carboxylic acids is 3. The van der Waals surface area contributed by atoms with Crippen molar-refractivity contribution >= 4 is 52.1 Å². The summed E-state index contributed by atoms with van der Waals surface area (Å²) < 4.78 is 5.63. The van der Waals surface area contributed by atoms with Gasteiger partial charge in [-0.25, -0.2) is 14.6 Å². The zero-order valence-electron chi connectivity index (χ0n) is 23.3. The van der Waals surface area contributed by atoms with Gasteiger partial charge < -0.3 is 20.5 Å². The van der Waals surface area contributed by atoms with E-state index in [0.717, 1.165) is 24.0 Å². The van der Waals surface area contributed by atoms with E-state index >= 15 is 0 Å². The first-order valence-electron chi connectivity index (χ1n) is 14.0. The summed E-state index contributed by atoms with van der Waals surface area (Å²) in [6.45, 7) is 0.0384. The van der Waals surface area contributed by atoms with Gasteiger partial charge in [0, 0.05) is 28.3 Å². The monoisotopic (exact) mass is 628 g/mol. The molecule has 4 aromatic rings. The molecular weight excluding hydrogens is 601 g/mol. The molecule has 2 fully saturated rings. The van der Waals surface area contributed by atoms with E-state index < -0.39 is 29.4 Å². The minimum atomic E-state index is -1.05. The number of carboxylic acids is 1. The van der Waals surface area contributed by atoms with Crippen LogP contribution in [0.4, 0.5) is 9.93 Å². The number of benzene rings is 3. The molecule has 0 spiro atoms. The lowest BCUT2D eigenvalue weighted by atomic mass is 10.1. The summed E-state index contributed by atoms with van der Waals surface area (Å²) in [5.41, 5.74) is 3.64. The van der Waals surface area contributed by atoms with Crippen LogP contribution in [0.5, 0.6) is 0 Å². The summed E-state index contributed by atoms with van der Waals surface area (Å²) in [6.07, 6.45) is 1.38. The minimum Gasteiger partial charge on any atom is -0.478 e. The zero-order valence-corrected chi connectivity index (χ0v) is 25.0. The summed E-state index contributed by atoms with van der Waals surface area (Å²) in [4.78, 5) is 56.6. The fourth-order valence-electron chi connectivity index (χ4n) is 4.71. The third-order valence-electron chi connectivity index (χ3n) is 7.25. The Bertz CT molecular complexity index is 1670. The number of amides is 3. The van der Waals surface area contributed by atoms with Gasteiger partial charge in [-0.15, -0.1) is 23.1 Å². The molecule has 0 radical (unpaired) electrons. The second-order valence-corrected chi connectivity index (χ2v) is 12.4. The standard InChI is InChI=1S/C32H28N4O6S2/c37-27(33-24-14-15-24)21-8-6-20(7-9-21)25-17-44-31(34-25)35-28(38)26-18-43-29(22-10-12-23(13-11-22)30(39)40)36(26)32(41)42-16-19-4-2-1-3-5-19/h1-13,17,24,26,29H,14-16,18H2,(H,33,37)(H,39,40)(H,34,35,38)/t26?,29-/m1/s1. The van der Waals surface area contributed by atoms with E-state index in [9.17, 15) is 24.3 Å². The van der Waals surface area contributed by atoms with E-state index in [1.807, 2.05) is 47.8 Å². The summed E-state index contributed by atoms with van der Waals surface area (Å²) in [7, 11) is 0. The van der Waals surface area contributed by atoms with Gasteiger partial charge in [0.1, 0.15) is 18.0 Å². The van der Waals surface area contributed by atoms with Crippen molar-refractivity contribution in [3.05, 3.63) is 106 Å². The van der Waals surface area contributed by atoms with Gasteiger partial charge in [-0.1, -0.05) is 54.6 Å². The minimum absolute atomic E-state index is 0.0384. The Labute approximate surface area is 261 Å². The molecule has 1 aromatic heterocycles. The normalized spacial score (nSPS) is 17.6. The van der Waals surface area contributed by atoms with Gasteiger partial charge in [0.05, 0.1) is 11.3 Å². The predicted molar refractivity (Wildman–Crippen MR) is 168 cm³/mol. The molecule has 10 nitrogen and oxygen atoms in total. The van der Waals surface area contributed by atoms with E-state index in [0.29, 0.717) is 27.7 Å². The van der Waals surface area contributed by atoms with Crippen LogP contribution >= 0.6 is 23.1 Å². The molecule has 6 rings (SSSR count). The maximum Gasteiger partial charge on any atom is 0.412 e. The Hall–Kier alpha value is -4.68. The number of hydrogen-bond donors (Lipinski definition) is 3. The highest BCUT2D eigenvalue weighted by Gasteiger charge is 2.43. The highest BCUT2D eigenvalue weighted by Crippen LogP contribution is 2.42. The number of thiazole rings is 1. The molecule has 3 aromatic carbocycles. The number of rotatable bonds is 9. The second kappa shape index (κ2) is 12.9. The van der Waals surface area contributed by atoms with E-state index in [1.165, 1.54) is 40.1 Å². The van der Waals surface area contributed by atoms with Crippen molar-refractivity contribution in [2.24, 2.45) is 0 Å².